The molecule has 4 nitrogen and oxygen atoms in total. The number of aliphatic hydroxyl groups excluding tert-OH is 1. The average molecular weight is 767 g/mol. The van der Waals surface area contributed by atoms with E-state index in [1.165, 1.54) is 33.5 Å². The minimum absolute atomic E-state index is 0. The van der Waals surface area contributed by atoms with Crippen molar-refractivity contribution in [1.29, 1.82) is 0 Å². The molecule has 0 unspecified atom stereocenters. The van der Waals surface area contributed by atoms with E-state index in [2.05, 4.69) is 83.1 Å². The van der Waals surface area contributed by atoms with E-state index in [-0.39, 0.29) is 47.9 Å². The molecule has 0 spiro atoms. The number of aliphatic hydroxyl groups is 1. The summed E-state index contributed by atoms with van der Waals surface area (Å²) in [7, 11) is 0. The summed E-state index contributed by atoms with van der Waals surface area (Å²) >= 11 is 0. The number of rotatable bonds is 1. The van der Waals surface area contributed by atoms with E-state index in [1.54, 1.807) is 0 Å². The Labute approximate surface area is 275 Å². The Morgan fingerprint density at radius 3 is 2.14 bits per heavy atom. The predicted octanol–water partition coefficient (Wildman–Crippen LogP) is 10.6. The van der Waals surface area contributed by atoms with Gasteiger partial charge in [-0.1, -0.05) is 117 Å². The first kappa shape index (κ1) is 33.6. The number of carbonyl (C=O) groups excluding carboxylic acids is 1. The smallest absolute Gasteiger partial charge is 0.164 e. The molecule has 2 aromatic heterocycles. The molecule has 0 atom stereocenters. The third-order valence-electron chi connectivity index (χ3n) is 8.49. The second kappa shape index (κ2) is 11.3. The van der Waals surface area contributed by atoms with Crippen LogP contribution in [0.3, 0.4) is 0 Å². The van der Waals surface area contributed by atoms with Crippen LogP contribution in [0.5, 0.6) is 0 Å². The molecule has 0 amide bonds. The number of furan rings is 1. The van der Waals surface area contributed by atoms with Crippen LogP contribution in [0.4, 0.5) is 0 Å². The number of ketones is 1. The maximum Gasteiger partial charge on any atom is 0.164 e. The average Bonchev–Trinajstić information content (AvgIpc) is 3.26. The zero-order valence-corrected chi connectivity index (χ0v) is 30.2. The van der Waals surface area contributed by atoms with Crippen LogP contribution in [0.15, 0.2) is 70.8 Å². The molecule has 1 radical (unpaired) electrons. The van der Waals surface area contributed by atoms with E-state index in [9.17, 15) is 9.90 Å². The van der Waals surface area contributed by atoms with Crippen molar-refractivity contribution in [2.75, 3.05) is 0 Å². The second-order valence-corrected chi connectivity index (χ2v) is 15.4. The van der Waals surface area contributed by atoms with Gasteiger partial charge in [-0.3, -0.25) is 9.78 Å². The molecule has 5 aromatic rings. The number of fused-ring (bicyclic) bond motifs is 3. The molecular formula is C39H44IrNO3-. The molecule has 2 heterocycles. The molecule has 1 aliphatic carbocycles. The molecule has 1 aliphatic rings. The monoisotopic (exact) mass is 767 g/mol. The molecule has 0 aliphatic heterocycles. The van der Waals surface area contributed by atoms with Gasteiger partial charge in [0.2, 0.25) is 0 Å². The summed E-state index contributed by atoms with van der Waals surface area (Å²) in [4.78, 5) is 16.7. The largest absolute Gasteiger partial charge is 0.512 e. The van der Waals surface area contributed by atoms with Crippen LogP contribution in [0.1, 0.15) is 92.9 Å². The van der Waals surface area contributed by atoms with Gasteiger partial charge >= 0.3 is 0 Å². The maximum absolute atomic E-state index is 11.5. The molecule has 0 bridgehead atoms. The number of benzene rings is 3. The molecule has 0 saturated carbocycles. The van der Waals surface area contributed by atoms with E-state index < -0.39 is 5.41 Å². The third kappa shape index (κ3) is 6.02. The van der Waals surface area contributed by atoms with Crippen molar-refractivity contribution in [2.24, 2.45) is 10.8 Å². The van der Waals surface area contributed by atoms with Crippen molar-refractivity contribution < 1.29 is 34.4 Å². The first-order valence-corrected chi connectivity index (χ1v) is 15.1. The van der Waals surface area contributed by atoms with Gasteiger partial charge in [0.25, 0.3) is 0 Å². The van der Waals surface area contributed by atoms with Gasteiger partial charge < -0.3 is 9.52 Å². The Hall–Kier alpha value is -3.27. The minimum Gasteiger partial charge on any atom is -0.512 e. The molecule has 0 saturated heterocycles. The summed E-state index contributed by atoms with van der Waals surface area (Å²) in [5, 5.41) is 13.1. The van der Waals surface area contributed by atoms with E-state index in [0.29, 0.717) is 0 Å². The number of carbonyl (C=O) groups is 1. The number of nitrogens with zero attached hydrogens (tertiary/aromatic N) is 1. The zero-order chi connectivity index (χ0) is 31.7. The standard InChI is InChI=1S/C28H24NO.C11H20O2.Ir/c1-27(2,3)17-12-13-21-16(14-17)15-20-26(29-21)18-8-6-10-22-24(18)25-19(28(20,4)5)9-7-11-23(25)30-22;1-10(2,3)8(12)7-9(13)11(4,5)6;/h6-7,9-15H,1-5H3;7,12H,1-6H3;/q-1;;/b;8-7-;. The van der Waals surface area contributed by atoms with Gasteiger partial charge in [-0.2, -0.15) is 0 Å². The van der Waals surface area contributed by atoms with E-state index in [1.807, 2.05) is 53.7 Å². The fourth-order valence-electron chi connectivity index (χ4n) is 5.53. The van der Waals surface area contributed by atoms with Crippen molar-refractivity contribution in [2.45, 2.75) is 87.0 Å². The Morgan fingerprint density at radius 2 is 1.52 bits per heavy atom. The van der Waals surface area contributed by atoms with Crippen molar-refractivity contribution in [1.82, 2.24) is 4.98 Å². The number of hydrogen-bond acceptors (Lipinski definition) is 4. The van der Waals surface area contributed by atoms with Gasteiger partial charge in [-0.25, -0.2) is 0 Å². The van der Waals surface area contributed by atoms with Gasteiger partial charge in [0.15, 0.2) is 5.78 Å². The summed E-state index contributed by atoms with van der Waals surface area (Å²) in [6.07, 6.45) is 1.33. The Kier molecular flexibility index (Phi) is 8.61. The van der Waals surface area contributed by atoms with E-state index >= 15 is 0 Å². The quantitative estimate of drug-likeness (QED) is 0.105. The zero-order valence-electron chi connectivity index (χ0n) is 27.8. The Balaban J connectivity index is 0.000000271. The van der Waals surface area contributed by atoms with Crippen LogP contribution in [0, 0.1) is 16.9 Å². The van der Waals surface area contributed by atoms with Gasteiger partial charge in [-0.05, 0) is 51.2 Å². The SMILES string of the molecule is CC(C)(C)C(=O)/C=C(\O)C(C)(C)C.CC(C)(C)c1ccc2nc3c(cc2c1)C(C)(C)c1cccc2oc4cc[c-]c-3c4c12.[Ir]. The molecule has 44 heavy (non-hydrogen) atoms. The third-order valence-corrected chi connectivity index (χ3v) is 8.49. The second-order valence-electron chi connectivity index (χ2n) is 15.4. The molecule has 5 heteroatoms. The Morgan fingerprint density at radius 1 is 0.864 bits per heavy atom. The van der Waals surface area contributed by atoms with Crippen LogP contribution in [0.2, 0.25) is 0 Å². The van der Waals surface area contributed by atoms with Crippen LogP contribution in [-0.4, -0.2) is 15.9 Å². The molecule has 0 fully saturated rings. The molecule has 3 aromatic carbocycles. The molecule has 6 rings (SSSR count). The first-order valence-electron chi connectivity index (χ1n) is 15.1. The van der Waals surface area contributed by atoms with Gasteiger partial charge in [0, 0.05) is 42.4 Å². The molecule has 1 N–H and O–H groups in total. The number of hydrogen-bond donors (Lipinski definition) is 1. The summed E-state index contributed by atoms with van der Waals surface area (Å²) in [5.41, 5.74) is 7.90. The van der Waals surface area contributed by atoms with Crippen molar-refractivity contribution in [3.63, 3.8) is 0 Å². The number of allylic oxidation sites excluding steroid dienone is 2. The molecule has 233 valence electrons. The van der Waals surface area contributed by atoms with Crippen LogP contribution < -0.4 is 0 Å². The van der Waals surface area contributed by atoms with Crippen molar-refractivity contribution in [3.05, 3.63) is 89.2 Å². The molecular weight excluding hydrogens is 723 g/mol. The Bertz CT molecular complexity index is 1920. The summed E-state index contributed by atoms with van der Waals surface area (Å²) in [5.74, 6) is 0.104. The van der Waals surface area contributed by atoms with Crippen LogP contribution in [-0.2, 0) is 35.7 Å². The van der Waals surface area contributed by atoms with Crippen molar-refractivity contribution >= 4 is 38.6 Å². The normalized spacial score (nSPS) is 14.6. The van der Waals surface area contributed by atoms with Crippen LogP contribution >= 0.6 is 0 Å². The summed E-state index contributed by atoms with van der Waals surface area (Å²) in [6, 6.07) is 22.9. The first-order chi connectivity index (χ1) is 19.8. The maximum atomic E-state index is 11.5. The summed E-state index contributed by atoms with van der Waals surface area (Å²) < 4.78 is 6.21. The van der Waals surface area contributed by atoms with Gasteiger partial charge in [0.05, 0.1) is 11.1 Å². The van der Waals surface area contributed by atoms with Crippen molar-refractivity contribution in [3.8, 4) is 11.3 Å². The summed E-state index contributed by atoms with van der Waals surface area (Å²) in [6.45, 7) is 22.5. The van der Waals surface area contributed by atoms with Gasteiger partial charge in [-0.15, -0.1) is 17.7 Å². The fourth-order valence-corrected chi connectivity index (χ4v) is 5.53. The van der Waals surface area contributed by atoms with Crippen LogP contribution in [0.25, 0.3) is 44.1 Å². The predicted molar refractivity (Wildman–Crippen MR) is 179 cm³/mol. The number of aromatic nitrogens is 1. The van der Waals surface area contributed by atoms with Gasteiger partial charge in [0.1, 0.15) is 11.3 Å². The van der Waals surface area contributed by atoms with E-state index in [4.69, 9.17) is 9.40 Å². The van der Waals surface area contributed by atoms with E-state index in [0.717, 1.165) is 33.3 Å². The minimum atomic E-state index is -0.417. The fraction of sp³-hybridized carbons (Fsp3) is 0.385. The topological polar surface area (TPSA) is 63.3 Å². The number of pyridine rings is 1.